The van der Waals surface area contributed by atoms with Gasteiger partial charge in [-0.1, -0.05) is 18.2 Å². The summed E-state index contributed by atoms with van der Waals surface area (Å²) in [5.74, 6) is 1.34. The normalized spacial score (nSPS) is 12.1. The van der Waals surface area contributed by atoms with E-state index in [-0.39, 0.29) is 11.2 Å². The molecule has 0 fully saturated rings. The van der Waals surface area contributed by atoms with Gasteiger partial charge in [0.1, 0.15) is 5.75 Å². The van der Waals surface area contributed by atoms with Gasteiger partial charge in [0.2, 0.25) is 5.91 Å². The van der Waals surface area contributed by atoms with E-state index < -0.39 is 0 Å². The molecule has 2 N–H and O–H groups in total. The molecule has 4 heteroatoms. The summed E-state index contributed by atoms with van der Waals surface area (Å²) in [7, 11) is 0. The number of hydrogen-bond acceptors (Lipinski definition) is 3. The van der Waals surface area contributed by atoms with Gasteiger partial charge in [-0.05, 0) is 19.1 Å². The molecule has 1 atom stereocenters. The van der Waals surface area contributed by atoms with Gasteiger partial charge in [0.25, 0.3) is 0 Å². The highest BCUT2D eigenvalue weighted by atomic mass is 32.2. The average Bonchev–Trinajstić information content (AvgIpc) is 2.25. The number of rotatable bonds is 6. The second-order valence-corrected chi connectivity index (χ2v) is 4.53. The van der Waals surface area contributed by atoms with Gasteiger partial charge in [0, 0.05) is 5.75 Å². The summed E-state index contributed by atoms with van der Waals surface area (Å²) < 4.78 is 5.46. The summed E-state index contributed by atoms with van der Waals surface area (Å²) in [6, 6.07) is 9.60. The second kappa shape index (κ2) is 6.35. The highest BCUT2D eigenvalue weighted by Crippen LogP contribution is 2.12. The minimum atomic E-state index is -0.278. The Hall–Kier alpha value is -1.16. The Morgan fingerprint density at radius 3 is 2.73 bits per heavy atom. The third-order valence-corrected chi connectivity index (χ3v) is 3.00. The van der Waals surface area contributed by atoms with E-state index in [1.165, 1.54) is 11.8 Å². The maximum Gasteiger partial charge on any atom is 0.230 e. The second-order valence-electron chi connectivity index (χ2n) is 3.08. The zero-order valence-corrected chi connectivity index (χ0v) is 9.50. The maximum atomic E-state index is 10.7. The van der Waals surface area contributed by atoms with Crippen LogP contribution in [0.5, 0.6) is 5.75 Å². The van der Waals surface area contributed by atoms with Gasteiger partial charge < -0.3 is 10.5 Å². The molecule has 15 heavy (non-hydrogen) atoms. The van der Waals surface area contributed by atoms with Crippen LogP contribution in [-0.2, 0) is 4.79 Å². The molecular formula is C11H15NO2S. The standard InChI is InChI=1S/C11H15NO2S/c1-9(11(12)13)15-8-7-14-10-5-3-2-4-6-10/h2-6,9H,7-8H2,1H3,(H2,12,13)/t9-/m1/s1. The number of thioether (sulfide) groups is 1. The molecule has 0 heterocycles. The van der Waals surface area contributed by atoms with Crippen LogP contribution in [0.2, 0.25) is 0 Å². The van der Waals surface area contributed by atoms with Crippen molar-refractivity contribution in [2.24, 2.45) is 5.73 Å². The third kappa shape index (κ3) is 4.74. The van der Waals surface area contributed by atoms with E-state index in [1.807, 2.05) is 30.3 Å². The van der Waals surface area contributed by atoms with Crippen molar-refractivity contribution in [3.8, 4) is 5.75 Å². The molecule has 0 radical (unpaired) electrons. The van der Waals surface area contributed by atoms with E-state index in [1.54, 1.807) is 6.92 Å². The number of para-hydroxylation sites is 1. The van der Waals surface area contributed by atoms with Crippen LogP contribution in [0.25, 0.3) is 0 Å². The van der Waals surface area contributed by atoms with Crippen LogP contribution in [0.4, 0.5) is 0 Å². The van der Waals surface area contributed by atoms with Crippen LogP contribution in [-0.4, -0.2) is 23.5 Å². The number of amides is 1. The van der Waals surface area contributed by atoms with Crippen molar-refractivity contribution in [3.05, 3.63) is 30.3 Å². The molecule has 0 saturated carbocycles. The smallest absolute Gasteiger partial charge is 0.230 e. The zero-order valence-electron chi connectivity index (χ0n) is 8.68. The fraction of sp³-hybridized carbons (Fsp3) is 0.364. The van der Waals surface area contributed by atoms with Gasteiger partial charge in [-0.2, -0.15) is 0 Å². The molecule has 82 valence electrons. The Morgan fingerprint density at radius 2 is 2.13 bits per heavy atom. The molecular weight excluding hydrogens is 210 g/mol. The lowest BCUT2D eigenvalue weighted by molar-refractivity contribution is -0.117. The predicted molar refractivity (Wildman–Crippen MR) is 63.1 cm³/mol. The molecule has 0 aliphatic heterocycles. The van der Waals surface area contributed by atoms with Crippen molar-refractivity contribution in [2.45, 2.75) is 12.2 Å². The van der Waals surface area contributed by atoms with Gasteiger partial charge >= 0.3 is 0 Å². The summed E-state index contributed by atoms with van der Waals surface area (Å²) >= 11 is 1.50. The largest absolute Gasteiger partial charge is 0.493 e. The molecule has 0 aliphatic rings. The molecule has 0 aliphatic carbocycles. The summed E-state index contributed by atoms with van der Waals surface area (Å²) in [6.07, 6.45) is 0. The van der Waals surface area contributed by atoms with E-state index in [2.05, 4.69) is 0 Å². The minimum absolute atomic E-state index is 0.149. The van der Waals surface area contributed by atoms with E-state index in [4.69, 9.17) is 10.5 Å². The number of primary amides is 1. The van der Waals surface area contributed by atoms with Crippen LogP contribution >= 0.6 is 11.8 Å². The van der Waals surface area contributed by atoms with E-state index in [0.29, 0.717) is 6.61 Å². The third-order valence-electron chi connectivity index (χ3n) is 1.86. The van der Waals surface area contributed by atoms with Crippen molar-refractivity contribution in [2.75, 3.05) is 12.4 Å². The first kappa shape index (κ1) is 11.9. The summed E-state index contributed by atoms with van der Waals surface area (Å²) in [6.45, 7) is 2.39. The van der Waals surface area contributed by atoms with E-state index >= 15 is 0 Å². The van der Waals surface area contributed by atoms with Gasteiger partial charge in [-0.15, -0.1) is 11.8 Å². The van der Waals surface area contributed by atoms with Crippen molar-refractivity contribution < 1.29 is 9.53 Å². The number of carbonyl (C=O) groups is 1. The molecule has 1 aromatic carbocycles. The summed E-state index contributed by atoms with van der Waals surface area (Å²) in [4.78, 5) is 10.7. The van der Waals surface area contributed by atoms with Crippen molar-refractivity contribution >= 4 is 17.7 Å². The molecule has 0 saturated heterocycles. The van der Waals surface area contributed by atoms with Gasteiger partial charge in [-0.25, -0.2) is 0 Å². The molecule has 1 rings (SSSR count). The van der Waals surface area contributed by atoms with Crippen molar-refractivity contribution in [3.63, 3.8) is 0 Å². The molecule has 1 amide bonds. The maximum absolute atomic E-state index is 10.7. The summed E-state index contributed by atoms with van der Waals surface area (Å²) in [5, 5.41) is -0.149. The number of carbonyl (C=O) groups excluding carboxylic acids is 1. The first-order valence-electron chi connectivity index (χ1n) is 4.79. The number of ether oxygens (including phenoxy) is 1. The van der Waals surface area contributed by atoms with E-state index in [0.717, 1.165) is 11.5 Å². The first-order valence-corrected chi connectivity index (χ1v) is 5.84. The highest BCUT2D eigenvalue weighted by Gasteiger charge is 2.07. The van der Waals surface area contributed by atoms with Crippen LogP contribution in [0.1, 0.15) is 6.92 Å². The Balaban J connectivity index is 2.15. The average molecular weight is 225 g/mol. The lowest BCUT2D eigenvalue weighted by atomic mass is 10.3. The lowest BCUT2D eigenvalue weighted by Gasteiger charge is -2.08. The molecule has 0 unspecified atom stereocenters. The van der Waals surface area contributed by atoms with Gasteiger partial charge in [0.05, 0.1) is 11.9 Å². The Labute approximate surface area is 94.0 Å². The number of nitrogens with two attached hydrogens (primary N) is 1. The molecule has 0 bridgehead atoms. The Kier molecular flexibility index (Phi) is 5.04. The highest BCUT2D eigenvalue weighted by molar-refractivity contribution is 8.00. The van der Waals surface area contributed by atoms with Crippen LogP contribution in [0.15, 0.2) is 30.3 Å². The number of hydrogen-bond donors (Lipinski definition) is 1. The molecule has 3 nitrogen and oxygen atoms in total. The van der Waals surface area contributed by atoms with Crippen LogP contribution in [0, 0.1) is 0 Å². The Bertz CT molecular complexity index is 303. The van der Waals surface area contributed by atoms with Crippen LogP contribution in [0.3, 0.4) is 0 Å². The fourth-order valence-corrected chi connectivity index (χ4v) is 1.68. The minimum Gasteiger partial charge on any atom is -0.493 e. The van der Waals surface area contributed by atoms with Gasteiger partial charge in [-0.3, -0.25) is 4.79 Å². The van der Waals surface area contributed by atoms with Crippen molar-refractivity contribution in [1.82, 2.24) is 0 Å². The lowest BCUT2D eigenvalue weighted by Crippen LogP contribution is -2.23. The first-order chi connectivity index (χ1) is 7.20. The van der Waals surface area contributed by atoms with Gasteiger partial charge in [0.15, 0.2) is 0 Å². The van der Waals surface area contributed by atoms with Crippen LogP contribution < -0.4 is 10.5 Å². The topological polar surface area (TPSA) is 52.3 Å². The zero-order chi connectivity index (χ0) is 11.1. The SMILES string of the molecule is C[C@@H](SCCOc1ccccc1)C(N)=O. The van der Waals surface area contributed by atoms with E-state index in [9.17, 15) is 4.79 Å². The monoisotopic (exact) mass is 225 g/mol. The quantitative estimate of drug-likeness (QED) is 0.749. The molecule has 0 aromatic heterocycles. The predicted octanol–water partition coefficient (Wildman–Crippen LogP) is 1.67. The summed E-state index contributed by atoms with van der Waals surface area (Å²) in [5.41, 5.74) is 5.13. The molecule has 0 spiro atoms. The Morgan fingerprint density at radius 1 is 1.47 bits per heavy atom. The van der Waals surface area contributed by atoms with Crippen molar-refractivity contribution in [1.29, 1.82) is 0 Å². The fourth-order valence-electron chi connectivity index (χ4n) is 0.983. The number of benzene rings is 1. The molecule has 1 aromatic rings.